The Labute approximate surface area is 167 Å². The molecule has 1 saturated heterocycles. The van der Waals surface area contributed by atoms with Gasteiger partial charge in [-0.1, -0.05) is 23.7 Å². The summed E-state index contributed by atoms with van der Waals surface area (Å²) in [6, 6.07) is 11.0. The highest BCUT2D eigenvalue weighted by molar-refractivity contribution is 7.80. The van der Waals surface area contributed by atoms with Gasteiger partial charge in [0.25, 0.3) is 11.8 Å². The number of nitrogens with one attached hydrogen (secondary N) is 1. The largest absolute Gasteiger partial charge is 0.573 e. The van der Waals surface area contributed by atoms with Gasteiger partial charge in [0.15, 0.2) is 5.11 Å². The number of alkyl halides is 3. The van der Waals surface area contributed by atoms with Crippen LogP contribution >= 0.6 is 23.8 Å². The van der Waals surface area contributed by atoms with E-state index in [0.717, 1.165) is 17.0 Å². The van der Waals surface area contributed by atoms with E-state index >= 15 is 0 Å². The number of thiocarbonyl (C=S) groups is 1. The molecule has 2 aromatic carbocycles. The fourth-order valence-corrected chi connectivity index (χ4v) is 2.82. The van der Waals surface area contributed by atoms with Crippen LogP contribution in [0.1, 0.15) is 5.56 Å². The van der Waals surface area contributed by atoms with E-state index < -0.39 is 23.9 Å². The Bertz CT molecular complexity index is 973. The molecule has 0 saturated carbocycles. The quantitative estimate of drug-likeness (QED) is 0.456. The SMILES string of the molecule is O=C1NC(=S)N(c2ccc(Cl)cc2)C(=O)/C1=C/c1ccc(OC(F)(F)F)cc1. The summed E-state index contributed by atoms with van der Waals surface area (Å²) in [5.41, 5.74) is 0.504. The van der Waals surface area contributed by atoms with Crippen LogP contribution in [0, 0.1) is 0 Å². The Hall–Kier alpha value is -2.91. The lowest BCUT2D eigenvalue weighted by atomic mass is 10.1. The number of hydrogen-bond donors (Lipinski definition) is 1. The molecule has 0 aliphatic carbocycles. The summed E-state index contributed by atoms with van der Waals surface area (Å²) in [7, 11) is 0. The van der Waals surface area contributed by atoms with E-state index in [2.05, 4.69) is 10.1 Å². The van der Waals surface area contributed by atoms with Crippen LogP contribution in [0.3, 0.4) is 0 Å². The maximum Gasteiger partial charge on any atom is 0.573 e. The van der Waals surface area contributed by atoms with Crippen LogP contribution in [0.25, 0.3) is 6.08 Å². The van der Waals surface area contributed by atoms with Crippen molar-refractivity contribution in [3.8, 4) is 5.75 Å². The van der Waals surface area contributed by atoms with Crippen molar-refractivity contribution in [2.24, 2.45) is 0 Å². The number of rotatable bonds is 3. The summed E-state index contributed by atoms with van der Waals surface area (Å²) in [6.07, 6.45) is -3.56. The zero-order valence-corrected chi connectivity index (χ0v) is 15.4. The zero-order chi connectivity index (χ0) is 20.5. The van der Waals surface area contributed by atoms with Crippen molar-refractivity contribution in [3.63, 3.8) is 0 Å². The highest BCUT2D eigenvalue weighted by Gasteiger charge is 2.34. The predicted molar refractivity (Wildman–Crippen MR) is 101 cm³/mol. The maximum atomic E-state index is 12.8. The standard InChI is InChI=1S/C18H10ClF3N2O3S/c19-11-3-5-12(6-4-11)24-16(26)14(15(25)23-17(24)28)9-10-1-7-13(8-2-10)27-18(20,21)22/h1-9H,(H,23,25,28)/b14-9+. The number of carbonyl (C=O) groups is 2. The molecule has 1 heterocycles. The smallest absolute Gasteiger partial charge is 0.406 e. The Balaban J connectivity index is 1.89. The molecule has 2 aromatic rings. The van der Waals surface area contributed by atoms with Gasteiger partial charge in [-0.15, -0.1) is 13.2 Å². The highest BCUT2D eigenvalue weighted by atomic mass is 35.5. The summed E-state index contributed by atoms with van der Waals surface area (Å²) in [4.78, 5) is 26.1. The first-order valence-corrected chi connectivity index (χ1v) is 8.45. The van der Waals surface area contributed by atoms with Gasteiger partial charge in [-0.25, -0.2) is 0 Å². The molecule has 0 unspecified atom stereocenters. The number of ether oxygens (including phenoxy) is 1. The van der Waals surface area contributed by atoms with Crippen molar-refractivity contribution in [3.05, 3.63) is 64.7 Å². The summed E-state index contributed by atoms with van der Waals surface area (Å²) in [5.74, 6) is -1.81. The van der Waals surface area contributed by atoms with Gasteiger partial charge in [0.1, 0.15) is 11.3 Å². The van der Waals surface area contributed by atoms with Crippen molar-refractivity contribution in [2.45, 2.75) is 6.36 Å². The molecule has 0 bridgehead atoms. The lowest BCUT2D eigenvalue weighted by Crippen LogP contribution is -2.54. The van der Waals surface area contributed by atoms with Crippen LogP contribution in [-0.2, 0) is 9.59 Å². The number of carbonyl (C=O) groups excluding carboxylic acids is 2. The molecule has 0 aromatic heterocycles. The van der Waals surface area contributed by atoms with Crippen molar-refractivity contribution in [2.75, 3.05) is 4.90 Å². The van der Waals surface area contributed by atoms with Crippen molar-refractivity contribution in [1.29, 1.82) is 0 Å². The third kappa shape index (κ3) is 4.49. The van der Waals surface area contributed by atoms with Crippen LogP contribution in [-0.4, -0.2) is 23.3 Å². The van der Waals surface area contributed by atoms with E-state index in [-0.39, 0.29) is 10.7 Å². The minimum Gasteiger partial charge on any atom is -0.406 e. The van der Waals surface area contributed by atoms with E-state index in [1.54, 1.807) is 24.3 Å². The molecule has 10 heteroatoms. The summed E-state index contributed by atoms with van der Waals surface area (Å²) < 4.78 is 40.5. The van der Waals surface area contributed by atoms with Crippen molar-refractivity contribution < 1.29 is 27.5 Å². The van der Waals surface area contributed by atoms with Gasteiger partial charge in [-0.2, -0.15) is 0 Å². The topological polar surface area (TPSA) is 58.6 Å². The van der Waals surface area contributed by atoms with Gasteiger partial charge in [0, 0.05) is 5.02 Å². The Morgan fingerprint density at radius 2 is 1.64 bits per heavy atom. The first-order valence-electron chi connectivity index (χ1n) is 7.67. The molecular weight excluding hydrogens is 417 g/mol. The van der Waals surface area contributed by atoms with E-state index in [1.165, 1.54) is 18.2 Å². The van der Waals surface area contributed by atoms with Gasteiger partial charge in [0.2, 0.25) is 0 Å². The third-order valence-corrected chi connectivity index (χ3v) is 4.15. The minimum atomic E-state index is -4.81. The fourth-order valence-electron chi connectivity index (χ4n) is 2.41. The zero-order valence-electron chi connectivity index (χ0n) is 13.8. The van der Waals surface area contributed by atoms with Gasteiger partial charge < -0.3 is 4.74 Å². The van der Waals surface area contributed by atoms with Gasteiger partial charge >= 0.3 is 6.36 Å². The number of hydrogen-bond acceptors (Lipinski definition) is 4. The van der Waals surface area contributed by atoms with Crippen LogP contribution < -0.4 is 15.0 Å². The highest BCUT2D eigenvalue weighted by Crippen LogP contribution is 2.25. The monoisotopic (exact) mass is 426 g/mol. The van der Waals surface area contributed by atoms with E-state index in [1.807, 2.05) is 0 Å². The average molecular weight is 427 g/mol. The first-order chi connectivity index (χ1) is 13.1. The molecular formula is C18H10ClF3N2O3S. The number of benzene rings is 2. The first kappa shape index (κ1) is 19.8. The molecule has 5 nitrogen and oxygen atoms in total. The molecule has 1 aliphatic rings. The second-order valence-corrected chi connectivity index (χ2v) is 6.37. The van der Waals surface area contributed by atoms with E-state index in [9.17, 15) is 22.8 Å². The minimum absolute atomic E-state index is 0.0941. The summed E-state index contributed by atoms with van der Waals surface area (Å²) in [6.45, 7) is 0. The molecule has 2 amide bonds. The Morgan fingerprint density at radius 3 is 2.21 bits per heavy atom. The fraction of sp³-hybridized carbons (Fsp3) is 0.0556. The van der Waals surface area contributed by atoms with Crippen molar-refractivity contribution >= 4 is 52.5 Å². The molecule has 0 atom stereocenters. The molecule has 0 spiro atoms. The molecule has 1 fully saturated rings. The maximum absolute atomic E-state index is 12.8. The van der Waals surface area contributed by atoms with Crippen LogP contribution in [0.15, 0.2) is 54.1 Å². The molecule has 1 aliphatic heterocycles. The van der Waals surface area contributed by atoms with E-state index in [4.69, 9.17) is 23.8 Å². The second kappa shape index (κ2) is 7.61. The number of halogens is 4. The van der Waals surface area contributed by atoms with Crippen molar-refractivity contribution in [1.82, 2.24) is 5.32 Å². The van der Waals surface area contributed by atoms with Crippen LogP contribution in [0.5, 0.6) is 5.75 Å². The number of amides is 2. The van der Waals surface area contributed by atoms with Gasteiger partial charge in [-0.3, -0.25) is 19.8 Å². The molecule has 3 rings (SSSR count). The number of anilines is 1. The van der Waals surface area contributed by atoms with Crippen LogP contribution in [0.2, 0.25) is 5.02 Å². The summed E-state index contributed by atoms with van der Waals surface area (Å²) in [5, 5.41) is 2.77. The lowest BCUT2D eigenvalue weighted by Gasteiger charge is -2.28. The second-order valence-electron chi connectivity index (χ2n) is 5.55. The Kier molecular flexibility index (Phi) is 5.39. The third-order valence-electron chi connectivity index (χ3n) is 3.61. The van der Waals surface area contributed by atoms with E-state index in [0.29, 0.717) is 16.3 Å². The lowest BCUT2D eigenvalue weighted by molar-refractivity contribution is -0.274. The molecule has 0 radical (unpaired) electrons. The van der Waals surface area contributed by atoms with Gasteiger partial charge in [-0.05, 0) is 60.3 Å². The predicted octanol–water partition coefficient (Wildman–Crippen LogP) is 4.07. The molecule has 1 N–H and O–H groups in total. The summed E-state index contributed by atoms with van der Waals surface area (Å²) >= 11 is 10.9. The number of nitrogens with zero attached hydrogens (tertiary/aromatic N) is 1. The van der Waals surface area contributed by atoms with Gasteiger partial charge in [0.05, 0.1) is 5.69 Å². The molecule has 28 heavy (non-hydrogen) atoms. The normalized spacial score (nSPS) is 16.4. The Morgan fingerprint density at radius 1 is 1.04 bits per heavy atom. The average Bonchev–Trinajstić information content (AvgIpc) is 2.60. The van der Waals surface area contributed by atoms with Crippen LogP contribution in [0.4, 0.5) is 18.9 Å². The molecule has 144 valence electrons.